The molecule has 2 aromatic heterocycles. The van der Waals surface area contributed by atoms with Gasteiger partial charge in [0.25, 0.3) is 0 Å². The van der Waals surface area contributed by atoms with Gasteiger partial charge in [-0.05, 0) is 12.1 Å². The van der Waals surface area contributed by atoms with Gasteiger partial charge in [-0.25, -0.2) is 4.68 Å². The molecule has 1 unspecified atom stereocenters. The number of hydrogen-bond donors (Lipinski definition) is 1. The second kappa shape index (κ2) is 5.05. The molecule has 96 valence electrons. The number of aryl methyl sites for hydroxylation is 1. The molecule has 2 aromatic rings. The third-order valence-electron chi connectivity index (χ3n) is 2.70. The van der Waals surface area contributed by atoms with Gasteiger partial charge in [-0.2, -0.15) is 5.10 Å². The highest BCUT2D eigenvalue weighted by molar-refractivity contribution is 5.35. The fourth-order valence-corrected chi connectivity index (χ4v) is 1.76. The predicted molar refractivity (Wildman–Crippen MR) is 66.6 cm³/mol. The smallest absolute Gasteiger partial charge is 0.211 e. The molecule has 1 atom stereocenters. The van der Waals surface area contributed by atoms with Crippen molar-refractivity contribution in [3.8, 4) is 11.6 Å². The normalized spacial score (nSPS) is 12.2. The number of nitrogens with zero attached hydrogens (tertiary/aromatic N) is 3. The third kappa shape index (κ3) is 2.14. The highest BCUT2D eigenvalue weighted by Crippen LogP contribution is 2.26. The number of aromatic nitrogens is 3. The van der Waals surface area contributed by atoms with Gasteiger partial charge in [0.2, 0.25) is 5.88 Å². The monoisotopic (exact) mass is 248 g/mol. The van der Waals surface area contributed by atoms with E-state index in [1.54, 1.807) is 44.3 Å². The van der Waals surface area contributed by atoms with Crippen molar-refractivity contribution in [1.29, 1.82) is 0 Å². The van der Waals surface area contributed by atoms with Crippen LogP contribution in [0.2, 0.25) is 0 Å². The maximum Gasteiger partial charge on any atom is 0.211 e. The maximum atomic E-state index is 6.16. The van der Waals surface area contributed by atoms with Gasteiger partial charge < -0.3 is 15.2 Å². The molecule has 0 aromatic carbocycles. The molecule has 6 nitrogen and oxygen atoms in total. The van der Waals surface area contributed by atoms with Gasteiger partial charge in [0, 0.05) is 19.3 Å². The fraction of sp³-hybridized carbons (Fsp3) is 0.333. The third-order valence-corrected chi connectivity index (χ3v) is 2.70. The lowest BCUT2D eigenvalue weighted by Gasteiger charge is -2.11. The van der Waals surface area contributed by atoms with Crippen LogP contribution in [0.25, 0.3) is 0 Å². The average Bonchev–Trinajstić information content (AvgIpc) is 2.79. The zero-order valence-electron chi connectivity index (χ0n) is 10.6. The van der Waals surface area contributed by atoms with E-state index in [4.69, 9.17) is 15.2 Å². The topological polar surface area (TPSA) is 75.2 Å². The van der Waals surface area contributed by atoms with E-state index in [0.717, 1.165) is 0 Å². The minimum atomic E-state index is -0.448. The molecule has 0 amide bonds. The molecular weight excluding hydrogens is 232 g/mol. The molecule has 0 spiro atoms. The summed E-state index contributed by atoms with van der Waals surface area (Å²) in [6.45, 7) is 0. The molecule has 18 heavy (non-hydrogen) atoms. The van der Waals surface area contributed by atoms with Crippen molar-refractivity contribution < 1.29 is 9.47 Å². The maximum absolute atomic E-state index is 6.16. The van der Waals surface area contributed by atoms with Crippen LogP contribution in [0.5, 0.6) is 11.6 Å². The van der Waals surface area contributed by atoms with Gasteiger partial charge in [-0.1, -0.05) is 0 Å². The van der Waals surface area contributed by atoms with E-state index in [2.05, 4.69) is 10.1 Å². The first-order chi connectivity index (χ1) is 8.67. The Labute approximate surface area is 105 Å². The summed E-state index contributed by atoms with van der Waals surface area (Å²) in [4.78, 5) is 4.25. The van der Waals surface area contributed by atoms with Gasteiger partial charge in [-0.15, -0.1) is 0 Å². The molecule has 0 aliphatic rings. The van der Waals surface area contributed by atoms with Crippen molar-refractivity contribution in [2.75, 3.05) is 14.2 Å². The number of ether oxygens (including phenoxy) is 2. The van der Waals surface area contributed by atoms with E-state index in [-0.39, 0.29) is 0 Å². The Kier molecular flexibility index (Phi) is 3.47. The SMILES string of the molecule is COc1cccnc1C(N)c1cc(OC)n(C)n1. The second-order valence-corrected chi connectivity index (χ2v) is 3.80. The van der Waals surface area contributed by atoms with Crippen molar-refractivity contribution in [3.05, 3.63) is 35.8 Å². The standard InChI is InChI=1S/C12H16N4O2/c1-16-10(18-3)7-8(15-16)11(13)12-9(17-2)5-4-6-14-12/h4-7,11H,13H2,1-3H3. The Morgan fingerprint density at radius 3 is 2.72 bits per heavy atom. The van der Waals surface area contributed by atoms with E-state index >= 15 is 0 Å². The zero-order valence-corrected chi connectivity index (χ0v) is 10.6. The van der Waals surface area contributed by atoms with Crippen molar-refractivity contribution >= 4 is 0 Å². The molecule has 0 aliphatic heterocycles. The number of pyridine rings is 1. The highest BCUT2D eigenvalue weighted by Gasteiger charge is 2.19. The van der Waals surface area contributed by atoms with Crippen molar-refractivity contribution in [2.45, 2.75) is 6.04 Å². The van der Waals surface area contributed by atoms with Crippen LogP contribution < -0.4 is 15.2 Å². The summed E-state index contributed by atoms with van der Waals surface area (Å²) < 4.78 is 12.0. The quantitative estimate of drug-likeness (QED) is 0.869. The van der Waals surface area contributed by atoms with Gasteiger partial charge >= 0.3 is 0 Å². The molecule has 0 saturated heterocycles. The van der Waals surface area contributed by atoms with Crippen LogP contribution in [0.3, 0.4) is 0 Å². The Bertz CT molecular complexity index is 539. The molecule has 0 fully saturated rings. The van der Waals surface area contributed by atoms with Crippen molar-refractivity contribution in [1.82, 2.24) is 14.8 Å². The van der Waals surface area contributed by atoms with Gasteiger partial charge in [-0.3, -0.25) is 4.98 Å². The summed E-state index contributed by atoms with van der Waals surface area (Å²) in [5, 5.41) is 4.30. The lowest BCUT2D eigenvalue weighted by atomic mass is 10.1. The predicted octanol–water partition coefficient (Wildman–Crippen LogP) is 0.880. The molecule has 2 N–H and O–H groups in total. The van der Waals surface area contributed by atoms with Crippen LogP contribution in [-0.2, 0) is 7.05 Å². The number of methoxy groups -OCH3 is 2. The lowest BCUT2D eigenvalue weighted by molar-refractivity contribution is 0.373. The Hall–Kier alpha value is -2.08. The molecule has 2 rings (SSSR count). The first-order valence-electron chi connectivity index (χ1n) is 5.49. The minimum Gasteiger partial charge on any atom is -0.495 e. The Morgan fingerprint density at radius 2 is 2.11 bits per heavy atom. The average molecular weight is 248 g/mol. The van der Waals surface area contributed by atoms with Gasteiger partial charge in [0.15, 0.2) is 0 Å². The zero-order chi connectivity index (χ0) is 13.1. The molecular formula is C12H16N4O2. The summed E-state index contributed by atoms with van der Waals surface area (Å²) in [6.07, 6.45) is 1.68. The molecule has 0 aliphatic carbocycles. The Balaban J connectivity index is 2.37. The van der Waals surface area contributed by atoms with Crippen molar-refractivity contribution in [2.24, 2.45) is 12.8 Å². The van der Waals surface area contributed by atoms with E-state index in [1.807, 2.05) is 6.07 Å². The summed E-state index contributed by atoms with van der Waals surface area (Å²) in [5.74, 6) is 1.30. The van der Waals surface area contributed by atoms with Crippen LogP contribution in [0, 0.1) is 0 Å². The van der Waals surface area contributed by atoms with Crippen LogP contribution in [0.4, 0.5) is 0 Å². The van der Waals surface area contributed by atoms with E-state index in [0.29, 0.717) is 23.0 Å². The van der Waals surface area contributed by atoms with E-state index in [1.165, 1.54) is 0 Å². The molecule has 2 heterocycles. The molecule has 6 heteroatoms. The summed E-state index contributed by atoms with van der Waals surface area (Å²) >= 11 is 0. The molecule has 0 saturated carbocycles. The van der Waals surface area contributed by atoms with Crippen LogP contribution >= 0.6 is 0 Å². The van der Waals surface area contributed by atoms with Crippen molar-refractivity contribution in [3.63, 3.8) is 0 Å². The number of rotatable bonds is 4. The van der Waals surface area contributed by atoms with Gasteiger partial charge in [0.1, 0.15) is 11.4 Å². The molecule has 0 radical (unpaired) electrons. The summed E-state index contributed by atoms with van der Waals surface area (Å²) in [7, 11) is 4.98. The Morgan fingerprint density at radius 1 is 1.33 bits per heavy atom. The largest absolute Gasteiger partial charge is 0.495 e. The summed E-state index contributed by atoms with van der Waals surface area (Å²) in [5.41, 5.74) is 7.50. The van der Waals surface area contributed by atoms with Crippen LogP contribution in [-0.4, -0.2) is 29.0 Å². The molecule has 0 bridgehead atoms. The lowest BCUT2D eigenvalue weighted by Crippen LogP contribution is -2.15. The highest BCUT2D eigenvalue weighted by atomic mass is 16.5. The number of nitrogens with two attached hydrogens (primary N) is 1. The first kappa shape index (κ1) is 12.4. The van der Waals surface area contributed by atoms with E-state index in [9.17, 15) is 0 Å². The van der Waals surface area contributed by atoms with Gasteiger partial charge in [0.05, 0.1) is 26.0 Å². The fourth-order valence-electron chi connectivity index (χ4n) is 1.76. The minimum absolute atomic E-state index is 0.448. The van der Waals surface area contributed by atoms with E-state index < -0.39 is 6.04 Å². The van der Waals surface area contributed by atoms with Crippen LogP contribution in [0.1, 0.15) is 17.4 Å². The summed E-state index contributed by atoms with van der Waals surface area (Å²) in [6, 6.07) is 4.96. The van der Waals surface area contributed by atoms with Crippen LogP contribution in [0.15, 0.2) is 24.4 Å². The second-order valence-electron chi connectivity index (χ2n) is 3.80. The first-order valence-corrected chi connectivity index (χ1v) is 5.49. The number of hydrogen-bond acceptors (Lipinski definition) is 5.